The van der Waals surface area contributed by atoms with Crippen LogP contribution in [0.4, 0.5) is 0 Å². The van der Waals surface area contributed by atoms with Crippen LogP contribution in [0.25, 0.3) is 0 Å². The lowest BCUT2D eigenvalue weighted by Gasteiger charge is -2.34. The average Bonchev–Trinajstić information content (AvgIpc) is 3.12. The molecule has 6 nitrogen and oxygen atoms in total. The summed E-state index contributed by atoms with van der Waals surface area (Å²) >= 11 is 0. The number of carbonyl (C=O) groups is 1. The zero-order chi connectivity index (χ0) is 20.3. The lowest BCUT2D eigenvalue weighted by Crippen LogP contribution is -2.51. The Hall–Kier alpha value is -2.15. The van der Waals surface area contributed by atoms with Crippen LogP contribution in [0, 0.1) is 6.92 Å². The molecular formula is C23H29ClN2O4. The Bertz CT molecular complexity index is 923. The van der Waals surface area contributed by atoms with E-state index in [9.17, 15) is 9.59 Å². The zero-order valence-corrected chi connectivity index (χ0v) is 18.1. The smallest absolute Gasteiger partial charge is 0.349 e. The van der Waals surface area contributed by atoms with Gasteiger partial charge in [-0.3, -0.25) is 4.79 Å². The van der Waals surface area contributed by atoms with Gasteiger partial charge in [0, 0.05) is 26.1 Å². The van der Waals surface area contributed by atoms with Gasteiger partial charge in [-0.15, -0.1) is 12.4 Å². The minimum atomic E-state index is -0.534. The van der Waals surface area contributed by atoms with E-state index >= 15 is 0 Å². The van der Waals surface area contributed by atoms with Crippen molar-refractivity contribution in [2.45, 2.75) is 38.2 Å². The molecule has 1 aromatic carbocycles. The van der Waals surface area contributed by atoms with Crippen molar-refractivity contribution in [2.75, 3.05) is 32.8 Å². The normalized spacial score (nSPS) is 20.9. The third kappa shape index (κ3) is 4.94. The second-order valence-corrected chi connectivity index (χ2v) is 8.08. The minimum absolute atomic E-state index is 0. The Morgan fingerprint density at radius 2 is 2.03 bits per heavy atom. The molecule has 0 saturated carbocycles. The van der Waals surface area contributed by atoms with Gasteiger partial charge in [-0.2, -0.15) is 0 Å². The molecule has 1 spiro atoms. The summed E-state index contributed by atoms with van der Waals surface area (Å²) in [4.78, 5) is 27.3. The fraction of sp³-hybridized carbons (Fsp3) is 0.478. The van der Waals surface area contributed by atoms with Gasteiger partial charge in [0.2, 0.25) is 0 Å². The van der Waals surface area contributed by atoms with Crippen molar-refractivity contribution in [3.8, 4) is 0 Å². The van der Waals surface area contributed by atoms with Crippen LogP contribution in [-0.4, -0.2) is 49.2 Å². The number of halogens is 1. The third-order valence-corrected chi connectivity index (χ3v) is 5.88. The molecule has 1 N–H and O–H groups in total. The molecule has 2 aliphatic heterocycles. The Morgan fingerprint density at radius 3 is 2.73 bits per heavy atom. The standard InChI is InChI=1S/C23H28N2O4.ClH/c1-17-14-19(9-5-8-18-6-3-2-4-7-18)29-22(27)20(17)21(26)25-12-10-23(16-25)15-24-11-13-28-23;/h2-4,6-7,14,24H,5,8-13,15-16H2,1H3;1H. The number of morpholine rings is 1. The number of ether oxygens (including phenoxy) is 1. The molecular weight excluding hydrogens is 404 g/mol. The molecule has 162 valence electrons. The summed E-state index contributed by atoms with van der Waals surface area (Å²) in [5.41, 5.74) is 1.25. The number of nitrogens with zero attached hydrogens (tertiary/aromatic N) is 1. The van der Waals surface area contributed by atoms with E-state index in [1.54, 1.807) is 4.90 Å². The summed E-state index contributed by atoms with van der Waals surface area (Å²) in [6, 6.07) is 12.1. The number of amides is 1. The molecule has 3 heterocycles. The number of nitrogens with one attached hydrogen (secondary N) is 1. The van der Waals surface area contributed by atoms with Crippen LogP contribution in [0.15, 0.2) is 45.6 Å². The number of carbonyl (C=O) groups excluding carboxylic acids is 1. The SMILES string of the molecule is Cc1cc(CCCc2ccccc2)oc(=O)c1C(=O)N1CCC2(CNCCO2)C1.Cl. The average molecular weight is 433 g/mol. The van der Waals surface area contributed by atoms with Gasteiger partial charge in [-0.1, -0.05) is 30.3 Å². The van der Waals surface area contributed by atoms with E-state index in [1.165, 1.54) is 5.56 Å². The molecule has 1 atom stereocenters. The molecule has 1 aromatic heterocycles. The first-order valence-electron chi connectivity index (χ1n) is 10.4. The highest BCUT2D eigenvalue weighted by atomic mass is 35.5. The Morgan fingerprint density at radius 1 is 1.23 bits per heavy atom. The van der Waals surface area contributed by atoms with Crippen molar-refractivity contribution < 1.29 is 13.9 Å². The number of aryl methyl sites for hydroxylation is 3. The Kier molecular flexibility index (Phi) is 7.34. The number of rotatable bonds is 5. The zero-order valence-electron chi connectivity index (χ0n) is 17.3. The summed E-state index contributed by atoms with van der Waals surface area (Å²) in [5, 5.41) is 3.34. The molecule has 2 aliphatic rings. The highest BCUT2D eigenvalue weighted by Crippen LogP contribution is 2.27. The van der Waals surface area contributed by atoms with Gasteiger partial charge in [0.25, 0.3) is 5.91 Å². The van der Waals surface area contributed by atoms with E-state index in [2.05, 4.69) is 17.4 Å². The molecule has 4 rings (SSSR count). The largest absolute Gasteiger partial charge is 0.427 e. The fourth-order valence-corrected chi connectivity index (χ4v) is 4.31. The van der Waals surface area contributed by atoms with Crippen molar-refractivity contribution in [3.63, 3.8) is 0 Å². The minimum Gasteiger partial charge on any atom is -0.427 e. The maximum atomic E-state index is 13.0. The van der Waals surface area contributed by atoms with Gasteiger partial charge in [-0.05, 0) is 43.4 Å². The first-order valence-corrected chi connectivity index (χ1v) is 10.4. The molecule has 0 radical (unpaired) electrons. The van der Waals surface area contributed by atoms with Gasteiger partial charge < -0.3 is 19.4 Å². The van der Waals surface area contributed by atoms with Gasteiger partial charge in [0.1, 0.15) is 11.3 Å². The van der Waals surface area contributed by atoms with Crippen molar-refractivity contribution in [3.05, 3.63) is 69.3 Å². The first-order chi connectivity index (χ1) is 14.1. The molecule has 0 aliphatic carbocycles. The topological polar surface area (TPSA) is 71.8 Å². The van der Waals surface area contributed by atoms with Crippen LogP contribution >= 0.6 is 12.4 Å². The lowest BCUT2D eigenvalue weighted by atomic mass is 10.0. The maximum absolute atomic E-state index is 13.0. The van der Waals surface area contributed by atoms with Crippen molar-refractivity contribution >= 4 is 18.3 Å². The third-order valence-electron chi connectivity index (χ3n) is 5.88. The van der Waals surface area contributed by atoms with Gasteiger partial charge in [-0.25, -0.2) is 4.79 Å². The second-order valence-electron chi connectivity index (χ2n) is 8.08. The highest BCUT2D eigenvalue weighted by molar-refractivity contribution is 5.95. The van der Waals surface area contributed by atoms with Gasteiger partial charge in [0.15, 0.2) is 0 Å². The van der Waals surface area contributed by atoms with Crippen LogP contribution in [-0.2, 0) is 17.6 Å². The molecule has 7 heteroatoms. The monoisotopic (exact) mass is 432 g/mol. The van der Waals surface area contributed by atoms with Crippen molar-refractivity contribution in [1.29, 1.82) is 0 Å². The summed E-state index contributed by atoms with van der Waals surface area (Å²) < 4.78 is 11.4. The van der Waals surface area contributed by atoms with E-state index in [0.29, 0.717) is 37.4 Å². The highest BCUT2D eigenvalue weighted by Gasteiger charge is 2.42. The summed E-state index contributed by atoms with van der Waals surface area (Å²) in [5.74, 6) is 0.385. The number of likely N-dealkylation sites (tertiary alicyclic amines) is 1. The predicted octanol–water partition coefficient (Wildman–Crippen LogP) is 2.75. The molecule has 1 unspecified atom stereocenters. The molecule has 1 amide bonds. The van der Waals surface area contributed by atoms with E-state index in [-0.39, 0.29) is 29.5 Å². The predicted molar refractivity (Wildman–Crippen MR) is 118 cm³/mol. The molecule has 2 saturated heterocycles. The van der Waals surface area contributed by atoms with Crippen LogP contribution in [0.1, 0.15) is 40.1 Å². The number of hydrogen-bond donors (Lipinski definition) is 1. The Labute approximate surface area is 183 Å². The van der Waals surface area contributed by atoms with Gasteiger partial charge >= 0.3 is 5.63 Å². The van der Waals surface area contributed by atoms with E-state index < -0.39 is 5.63 Å². The quantitative estimate of drug-likeness (QED) is 0.786. The van der Waals surface area contributed by atoms with Gasteiger partial charge in [0.05, 0.1) is 18.8 Å². The van der Waals surface area contributed by atoms with E-state index in [0.717, 1.165) is 32.4 Å². The van der Waals surface area contributed by atoms with Crippen LogP contribution in [0.3, 0.4) is 0 Å². The molecule has 30 heavy (non-hydrogen) atoms. The summed E-state index contributed by atoms with van der Waals surface area (Å²) in [7, 11) is 0. The number of benzene rings is 1. The Balaban J connectivity index is 0.00000256. The van der Waals surface area contributed by atoms with E-state index in [4.69, 9.17) is 9.15 Å². The van der Waals surface area contributed by atoms with Crippen molar-refractivity contribution in [2.24, 2.45) is 0 Å². The van der Waals surface area contributed by atoms with E-state index in [1.807, 2.05) is 31.2 Å². The fourth-order valence-electron chi connectivity index (χ4n) is 4.31. The maximum Gasteiger partial charge on any atom is 0.349 e. The second kappa shape index (κ2) is 9.77. The van der Waals surface area contributed by atoms with Crippen LogP contribution < -0.4 is 10.9 Å². The van der Waals surface area contributed by atoms with Crippen LogP contribution in [0.5, 0.6) is 0 Å². The van der Waals surface area contributed by atoms with Crippen molar-refractivity contribution in [1.82, 2.24) is 10.2 Å². The molecule has 2 fully saturated rings. The first kappa shape index (κ1) is 22.5. The molecule has 2 aromatic rings. The van der Waals surface area contributed by atoms with Crippen LogP contribution in [0.2, 0.25) is 0 Å². The lowest BCUT2D eigenvalue weighted by molar-refractivity contribution is -0.0559. The summed E-state index contributed by atoms with van der Waals surface area (Å²) in [6.07, 6.45) is 3.27. The summed E-state index contributed by atoms with van der Waals surface area (Å²) in [6.45, 7) is 5.15. The molecule has 0 bridgehead atoms. The number of hydrogen-bond acceptors (Lipinski definition) is 5.